The fourth-order valence-electron chi connectivity index (χ4n) is 8.04. The second kappa shape index (κ2) is 21.7. The van der Waals surface area contributed by atoms with E-state index in [1.54, 1.807) is 78.9 Å². The van der Waals surface area contributed by atoms with E-state index in [0.29, 0.717) is 65.3 Å². The summed E-state index contributed by atoms with van der Waals surface area (Å²) in [6.07, 6.45) is 1.35. The summed E-state index contributed by atoms with van der Waals surface area (Å²) in [5.41, 5.74) is 1.63. The second-order valence-corrected chi connectivity index (χ2v) is 16.1. The number of aromatic nitrogens is 1. The molecule has 2 heterocycles. The number of aromatic hydroxyl groups is 1. The largest absolute Gasteiger partial charge is 0.506 e. The summed E-state index contributed by atoms with van der Waals surface area (Å²) in [4.78, 5) is 43.8. The molecule has 0 aliphatic carbocycles. The van der Waals surface area contributed by atoms with Crippen molar-refractivity contribution >= 4 is 22.8 Å². The number of benzene rings is 5. The Bertz CT molecular complexity index is 2540. The fraction of sp³-hybridized carbons (Fsp3) is 0.314. The maximum absolute atomic E-state index is 13.9. The lowest BCUT2D eigenvalue weighted by Gasteiger charge is -2.33. The number of phenols is 1. The standard InChI is InChI=1S/C51H56N4O9/c1-2-62-46-29-37(17-18-38(46)31-52-32-45(57)42-19-21-44(56)48-43(42)20-22-47(58)54-48)49(59)53-25-10-28-63-41-16-9-15-40(30-41)51(61,39-13-7-4-8-14-39)50(60)64-34-36-23-26-55(27-24-36)33-35-11-5-3-6-12-35/h3-9,11-22,29-30,36,45,52,56-57,61H,2,10,23-28,31-34H2,1H3,(H,53,59)(H,54,58)/t45-,51-/m0/s1. The van der Waals surface area contributed by atoms with Crippen LogP contribution in [0.4, 0.5) is 0 Å². The molecule has 1 aliphatic heterocycles. The molecule has 64 heavy (non-hydrogen) atoms. The van der Waals surface area contributed by atoms with Gasteiger partial charge in [-0.1, -0.05) is 84.9 Å². The van der Waals surface area contributed by atoms with E-state index in [1.165, 1.54) is 17.7 Å². The summed E-state index contributed by atoms with van der Waals surface area (Å²) in [5, 5.41) is 40.0. The Morgan fingerprint density at radius 3 is 2.39 bits per heavy atom. The number of phenolic OH excluding ortho intramolecular Hbond substituents is 1. The molecule has 0 saturated carbocycles. The highest BCUT2D eigenvalue weighted by Crippen LogP contribution is 2.34. The third-order valence-corrected chi connectivity index (χ3v) is 11.6. The third-order valence-electron chi connectivity index (χ3n) is 11.6. The molecule has 1 fully saturated rings. The van der Waals surface area contributed by atoms with Crippen LogP contribution in [0.3, 0.4) is 0 Å². The molecule has 0 spiro atoms. The molecular weight excluding hydrogens is 813 g/mol. The maximum atomic E-state index is 13.9. The van der Waals surface area contributed by atoms with Crippen LogP contribution >= 0.6 is 0 Å². The Hall–Kier alpha value is -6.51. The number of aromatic amines is 1. The molecule has 0 bridgehead atoms. The number of nitrogens with one attached hydrogen (secondary N) is 3. The number of carbonyl (C=O) groups excluding carboxylic acids is 2. The highest BCUT2D eigenvalue weighted by atomic mass is 16.6. The zero-order valence-corrected chi connectivity index (χ0v) is 36.0. The van der Waals surface area contributed by atoms with Crippen molar-refractivity contribution in [3.63, 3.8) is 0 Å². The monoisotopic (exact) mass is 868 g/mol. The van der Waals surface area contributed by atoms with Gasteiger partial charge in [0.05, 0.1) is 31.4 Å². The van der Waals surface area contributed by atoms with Gasteiger partial charge in [0.1, 0.15) is 17.2 Å². The molecule has 1 aliphatic rings. The number of aliphatic hydroxyl groups is 2. The normalized spacial score (nSPS) is 14.7. The lowest BCUT2D eigenvalue weighted by molar-refractivity contribution is -0.164. The average Bonchev–Trinajstić information content (AvgIpc) is 3.32. The first-order chi connectivity index (χ1) is 31.1. The number of nitrogens with zero attached hydrogens (tertiary/aromatic N) is 1. The van der Waals surface area contributed by atoms with Crippen LogP contribution < -0.4 is 25.7 Å². The molecule has 0 unspecified atom stereocenters. The van der Waals surface area contributed by atoms with Gasteiger partial charge in [-0.15, -0.1) is 0 Å². The molecule has 0 radical (unpaired) electrons. The van der Waals surface area contributed by atoms with Gasteiger partial charge in [-0.2, -0.15) is 0 Å². The van der Waals surface area contributed by atoms with Gasteiger partial charge >= 0.3 is 5.97 Å². The number of piperidine rings is 1. The number of H-pyrrole nitrogens is 1. The van der Waals surface area contributed by atoms with Crippen LogP contribution in [0.5, 0.6) is 17.2 Å². The van der Waals surface area contributed by atoms with Crippen molar-refractivity contribution in [1.82, 2.24) is 20.5 Å². The SMILES string of the molecule is CCOc1cc(C(=O)NCCCOc2cccc([C@](O)(C(=O)OCC3CCN(Cc4ccccc4)CC3)c3ccccc3)c2)ccc1CNC[C@H](O)c1ccc(O)c2[nH]c(=O)ccc12. The number of hydrogen-bond acceptors (Lipinski definition) is 11. The summed E-state index contributed by atoms with van der Waals surface area (Å²) < 4.78 is 17.8. The van der Waals surface area contributed by atoms with Gasteiger partial charge in [0, 0.05) is 54.3 Å². The first-order valence-electron chi connectivity index (χ1n) is 21.8. The van der Waals surface area contributed by atoms with E-state index in [0.717, 1.165) is 38.0 Å². The Kier molecular flexibility index (Phi) is 15.4. The van der Waals surface area contributed by atoms with Gasteiger partial charge in [-0.25, -0.2) is 4.79 Å². The smallest absolute Gasteiger partial charge is 0.347 e. The van der Waals surface area contributed by atoms with E-state index in [1.807, 2.05) is 19.1 Å². The number of carbonyl (C=O) groups is 2. The minimum absolute atomic E-state index is 0.0796. The topological polar surface area (TPSA) is 183 Å². The van der Waals surface area contributed by atoms with Crippen molar-refractivity contribution < 1.29 is 39.1 Å². The Labute approximate surface area is 372 Å². The number of rotatable bonds is 20. The van der Waals surface area contributed by atoms with Crippen LogP contribution in [-0.4, -0.2) is 83.1 Å². The molecule has 7 rings (SSSR count). The number of amides is 1. The molecule has 1 saturated heterocycles. The van der Waals surface area contributed by atoms with Crippen molar-refractivity contribution in [3.8, 4) is 17.2 Å². The molecule has 5 aromatic carbocycles. The van der Waals surface area contributed by atoms with Gasteiger partial charge in [0.15, 0.2) is 0 Å². The van der Waals surface area contributed by atoms with Crippen molar-refractivity contribution in [1.29, 1.82) is 0 Å². The van der Waals surface area contributed by atoms with E-state index in [4.69, 9.17) is 14.2 Å². The van der Waals surface area contributed by atoms with E-state index < -0.39 is 17.7 Å². The van der Waals surface area contributed by atoms with Gasteiger partial charge in [0.25, 0.3) is 5.91 Å². The number of aliphatic hydroxyl groups excluding tert-OH is 1. The molecule has 6 N–H and O–H groups in total. The van der Waals surface area contributed by atoms with Crippen LogP contribution in [0.25, 0.3) is 10.9 Å². The average molecular weight is 869 g/mol. The highest BCUT2D eigenvalue weighted by Gasteiger charge is 2.42. The lowest BCUT2D eigenvalue weighted by atomic mass is 9.86. The third kappa shape index (κ3) is 11.3. The summed E-state index contributed by atoms with van der Waals surface area (Å²) in [6.45, 7) is 6.29. The number of pyridine rings is 1. The van der Waals surface area contributed by atoms with Crippen molar-refractivity contribution in [2.75, 3.05) is 46.0 Å². The van der Waals surface area contributed by atoms with Gasteiger partial charge in [-0.05, 0) is 98.3 Å². The van der Waals surface area contributed by atoms with Crippen molar-refractivity contribution in [2.45, 2.75) is 51.0 Å². The number of ether oxygens (including phenoxy) is 3. The summed E-state index contributed by atoms with van der Waals surface area (Å²) >= 11 is 0. The van der Waals surface area contributed by atoms with E-state index in [-0.39, 0.29) is 48.4 Å². The predicted molar refractivity (Wildman–Crippen MR) is 244 cm³/mol. The molecule has 6 aromatic rings. The molecule has 1 amide bonds. The van der Waals surface area contributed by atoms with Crippen LogP contribution in [-0.2, 0) is 28.2 Å². The number of hydrogen-bond donors (Lipinski definition) is 6. The van der Waals surface area contributed by atoms with E-state index >= 15 is 0 Å². The lowest BCUT2D eigenvalue weighted by Crippen LogP contribution is -2.40. The zero-order chi connectivity index (χ0) is 44.9. The number of fused-ring (bicyclic) bond motifs is 1. The van der Waals surface area contributed by atoms with Crippen LogP contribution in [0.2, 0.25) is 0 Å². The van der Waals surface area contributed by atoms with E-state index in [9.17, 15) is 29.7 Å². The minimum atomic E-state index is -2.05. The molecular formula is C51H56N4O9. The highest BCUT2D eigenvalue weighted by molar-refractivity contribution is 5.94. The fourth-order valence-corrected chi connectivity index (χ4v) is 8.04. The first-order valence-corrected chi connectivity index (χ1v) is 21.8. The quantitative estimate of drug-likeness (QED) is 0.0372. The molecule has 13 nitrogen and oxygen atoms in total. The summed E-state index contributed by atoms with van der Waals surface area (Å²) in [5.74, 6) is 0.0991. The predicted octanol–water partition coefficient (Wildman–Crippen LogP) is 6.35. The molecule has 2 atom stereocenters. The Morgan fingerprint density at radius 2 is 1.62 bits per heavy atom. The van der Waals surface area contributed by atoms with Gasteiger partial charge < -0.3 is 45.1 Å². The first kappa shape index (κ1) is 45.5. The number of likely N-dealkylation sites (tertiary alicyclic amines) is 1. The zero-order valence-electron chi connectivity index (χ0n) is 36.0. The summed E-state index contributed by atoms with van der Waals surface area (Å²) in [6, 6.07) is 37.2. The maximum Gasteiger partial charge on any atom is 0.347 e. The van der Waals surface area contributed by atoms with Crippen LogP contribution in [0.15, 0.2) is 132 Å². The molecule has 1 aromatic heterocycles. The van der Waals surface area contributed by atoms with Gasteiger partial charge in [0.2, 0.25) is 11.2 Å². The molecule has 334 valence electrons. The number of esters is 1. The van der Waals surface area contributed by atoms with Gasteiger partial charge in [-0.3, -0.25) is 14.5 Å². The molecule has 13 heteroatoms. The Morgan fingerprint density at radius 1 is 0.875 bits per heavy atom. The van der Waals surface area contributed by atoms with E-state index in [2.05, 4.69) is 44.8 Å². The summed E-state index contributed by atoms with van der Waals surface area (Å²) in [7, 11) is 0. The van der Waals surface area contributed by atoms with Crippen molar-refractivity contribution in [2.24, 2.45) is 5.92 Å². The van der Waals surface area contributed by atoms with Crippen molar-refractivity contribution in [3.05, 3.63) is 171 Å². The second-order valence-electron chi connectivity index (χ2n) is 16.1. The minimum Gasteiger partial charge on any atom is -0.506 e. The Balaban J connectivity index is 0.889. The van der Waals surface area contributed by atoms with Crippen LogP contribution in [0.1, 0.15) is 70.5 Å². The van der Waals surface area contributed by atoms with Crippen LogP contribution in [0, 0.1) is 5.92 Å².